The van der Waals surface area contributed by atoms with Crippen molar-refractivity contribution in [2.24, 2.45) is 5.10 Å². The largest absolute Gasteiger partial charge is 0.271 e. The maximum absolute atomic E-state index is 13.2. The number of carbonyl (C=O) groups is 1. The van der Waals surface area contributed by atoms with Crippen molar-refractivity contribution in [2.45, 2.75) is 11.8 Å². The van der Waals surface area contributed by atoms with Gasteiger partial charge in [0.05, 0.1) is 16.3 Å². The standard InChI is InChI=1S/C22H19ClIN3O3S/c1-16(17-7-5-9-19(24)13-17)25-26-22(28)15-27(20-10-6-8-18(23)14-20)31(29,30)21-11-3-2-4-12-21/h2-14H,15H2,1H3,(H,26,28)/b25-16+. The summed E-state index contributed by atoms with van der Waals surface area (Å²) in [6, 6.07) is 21.9. The van der Waals surface area contributed by atoms with E-state index in [9.17, 15) is 13.2 Å². The quantitative estimate of drug-likeness (QED) is 0.256. The van der Waals surface area contributed by atoms with Gasteiger partial charge in [0, 0.05) is 8.59 Å². The van der Waals surface area contributed by atoms with Crippen molar-refractivity contribution < 1.29 is 13.2 Å². The number of hydrazone groups is 1. The molecule has 0 aliphatic rings. The fourth-order valence-electron chi connectivity index (χ4n) is 2.76. The first-order chi connectivity index (χ1) is 14.8. The molecule has 0 heterocycles. The van der Waals surface area contributed by atoms with E-state index >= 15 is 0 Å². The van der Waals surface area contributed by atoms with Crippen LogP contribution in [0.1, 0.15) is 12.5 Å². The van der Waals surface area contributed by atoms with Crippen LogP contribution < -0.4 is 9.73 Å². The molecule has 160 valence electrons. The van der Waals surface area contributed by atoms with Crippen LogP contribution in [0.4, 0.5) is 5.69 Å². The van der Waals surface area contributed by atoms with Crippen LogP contribution in [0, 0.1) is 3.57 Å². The third kappa shape index (κ3) is 6.05. The highest BCUT2D eigenvalue weighted by molar-refractivity contribution is 14.1. The van der Waals surface area contributed by atoms with Gasteiger partial charge >= 0.3 is 0 Å². The molecule has 1 amide bonds. The molecule has 0 saturated heterocycles. The van der Waals surface area contributed by atoms with Crippen molar-refractivity contribution >= 4 is 61.5 Å². The van der Waals surface area contributed by atoms with Crippen LogP contribution in [0.5, 0.6) is 0 Å². The van der Waals surface area contributed by atoms with E-state index in [0.717, 1.165) is 13.4 Å². The number of nitrogens with one attached hydrogen (secondary N) is 1. The lowest BCUT2D eigenvalue weighted by molar-refractivity contribution is -0.119. The Kier molecular flexibility index (Phi) is 7.69. The molecule has 0 spiro atoms. The average Bonchev–Trinajstić information content (AvgIpc) is 2.76. The second kappa shape index (κ2) is 10.3. The van der Waals surface area contributed by atoms with Crippen molar-refractivity contribution in [3.63, 3.8) is 0 Å². The van der Waals surface area contributed by atoms with Crippen LogP contribution in [0.2, 0.25) is 5.02 Å². The predicted molar refractivity (Wildman–Crippen MR) is 132 cm³/mol. The first-order valence-electron chi connectivity index (χ1n) is 9.20. The molecule has 0 fully saturated rings. The van der Waals surface area contributed by atoms with Crippen molar-refractivity contribution in [3.05, 3.63) is 93.0 Å². The highest BCUT2D eigenvalue weighted by Gasteiger charge is 2.27. The molecule has 3 rings (SSSR count). The van der Waals surface area contributed by atoms with Crippen molar-refractivity contribution in [1.82, 2.24) is 5.43 Å². The minimum atomic E-state index is -4.00. The summed E-state index contributed by atoms with van der Waals surface area (Å²) in [7, 11) is -4.00. The number of benzene rings is 3. The van der Waals surface area contributed by atoms with Gasteiger partial charge in [-0.05, 0) is 77.5 Å². The fraction of sp³-hybridized carbons (Fsp3) is 0.0909. The second-order valence-corrected chi connectivity index (χ2v) is 10.1. The highest BCUT2D eigenvalue weighted by atomic mass is 127. The smallest absolute Gasteiger partial charge is 0.264 e. The molecular formula is C22H19ClIN3O3S. The lowest BCUT2D eigenvalue weighted by Gasteiger charge is -2.23. The highest BCUT2D eigenvalue weighted by Crippen LogP contribution is 2.25. The lowest BCUT2D eigenvalue weighted by atomic mass is 10.1. The number of rotatable bonds is 7. The third-order valence-electron chi connectivity index (χ3n) is 4.31. The summed E-state index contributed by atoms with van der Waals surface area (Å²) in [6.45, 7) is 1.31. The Bertz CT molecular complexity index is 1220. The van der Waals surface area contributed by atoms with E-state index in [1.807, 2.05) is 24.3 Å². The molecular weight excluding hydrogens is 549 g/mol. The molecule has 0 bridgehead atoms. The average molecular weight is 568 g/mol. The minimum Gasteiger partial charge on any atom is -0.271 e. The Morgan fingerprint density at radius 3 is 2.42 bits per heavy atom. The molecule has 1 N–H and O–H groups in total. The van der Waals surface area contributed by atoms with Gasteiger partial charge in [0.2, 0.25) is 0 Å². The summed E-state index contributed by atoms with van der Waals surface area (Å²) < 4.78 is 28.5. The van der Waals surface area contributed by atoms with Gasteiger partial charge < -0.3 is 0 Å². The summed E-state index contributed by atoms with van der Waals surface area (Å²) in [5.41, 5.74) is 4.19. The van der Waals surface area contributed by atoms with Gasteiger partial charge in [0.15, 0.2) is 0 Å². The minimum absolute atomic E-state index is 0.0707. The Labute approximate surface area is 200 Å². The van der Waals surface area contributed by atoms with Gasteiger partial charge in [-0.3, -0.25) is 9.10 Å². The molecule has 31 heavy (non-hydrogen) atoms. The molecule has 0 aromatic heterocycles. The Morgan fingerprint density at radius 1 is 1.03 bits per heavy atom. The summed E-state index contributed by atoms with van der Waals surface area (Å²) in [5, 5.41) is 4.48. The number of amides is 1. The number of hydrogen-bond acceptors (Lipinski definition) is 4. The van der Waals surface area contributed by atoms with Gasteiger partial charge in [-0.2, -0.15) is 5.10 Å². The van der Waals surface area contributed by atoms with Crippen LogP contribution in [-0.4, -0.2) is 26.6 Å². The Morgan fingerprint density at radius 2 is 1.74 bits per heavy atom. The van der Waals surface area contributed by atoms with Gasteiger partial charge in [0.25, 0.3) is 15.9 Å². The number of hydrogen-bond donors (Lipinski definition) is 1. The third-order valence-corrected chi connectivity index (χ3v) is 7.00. The molecule has 0 aliphatic heterocycles. The molecule has 9 heteroatoms. The number of anilines is 1. The van der Waals surface area contributed by atoms with Crippen LogP contribution >= 0.6 is 34.2 Å². The topological polar surface area (TPSA) is 78.8 Å². The van der Waals surface area contributed by atoms with Crippen LogP contribution in [-0.2, 0) is 14.8 Å². The summed E-state index contributed by atoms with van der Waals surface area (Å²) >= 11 is 8.25. The number of carbonyl (C=O) groups excluding carboxylic acids is 1. The SMILES string of the molecule is C/C(=N\NC(=O)CN(c1cccc(Cl)c1)S(=O)(=O)c1ccccc1)c1cccc(I)c1. The van der Waals surface area contributed by atoms with Gasteiger partial charge in [-0.15, -0.1) is 0 Å². The zero-order valence-electron chi connectivity index (χ0n) is 16.5. The van der Waals surface area contributed by atoms with Crippen molar-refractivity contribution in [1.29, 1.82) is 0 Å². The lowest BCUT2D eigenvalue weighted by Crippen LogP contribution is -2.39. The van der Waals surface area contributed by atoms with Gasteiger partial charge in [-0.1, -0.05) is 48.0 Å². The molecule has 0 unspecified atom stereocenters. The number of halogens is 2. The first-order valence-corrected chi connectivity index (χ1v) is 12.1. The Balaban J connectivity index is 1.87. The van der Waals surface area contributed by atoms with E-state index in [1.54, 1.807) is 43.3 Å². The summed E-state index contributed by atoms with van der Waals surface area (Å²) in [5.74, 6) is -0.579. The molecule has 0 atom stereocenters. The number of nitrogens with zero attached hydrogens (tertiary/aromatic N) is 2. The van der Waals surface area contributed by atoms with E-state index in [-0.39, 0.29) is 10.6 Å². The fourth-order valence-corrected chi connectivity index (χ4v) is 4.92. The molecule has 6 nitrogen and oxygen atoms in total. The number of sulfonamides is 1. The molecule has 0 saturated carbocycles. The van der Waals surface area contributed by atoms with Crippen LogP contribution in [0.3, 0.4) is 0 Å². The van der Waals surface area contributed by atoms with Crippen LogP contribution in [0.15, 0.2) is 88.9 Å². The van der Waals surface area contributed by atoms with Crippen molar-refractivity contribution in [2.75, 3.05) is 10.8 Å². The van der Waals surface area contributed by atoms with E-state index in [4.69, 9.17) is 11.6 Å². The maximum Gasteiger partial charge on any atom is 0.264 e. The monoisotopic (exact) mass is 567 g/mol. The van der Waals surface area contributed by atoms with Crippen LogP contribution in [0.25, 0.3) is 0 Å². The molecule has 0 radical (unpaired) electrons. The van der Waals surface area contributed by atoms with E-state index in [0.29, 0.717) is 10.7 Å². The summed E-state index contributed by atoms with van der Waals surface area (Å²) in [4.78, 5) is 12.7. The molecule has 3 aromatic rings. The van der Waals surface area contributed by atoms with E-state index in [2.05, 4.69) is 33.1 Å². The maximum atomic E-state index is 13.2. The van der Waals surface area contributed by atoms with Gasteiger partial charge in [-0.25, -0.2) is 13.8 Å². The predicted octanol–water partition coefficient (Wildman–Crippen LogP) is 4.68. The molecule has 3 aromatic carbocycles. The zero-order chi connectivity index (χ0) is 22.4. The van der Waals surface area contributed by atoms with E-state index in [1.165, 1.54) is 18.2 Å². The summed E-state index contributed by atoms with van der Waals surface area (Å²) in [6.07, 6.45) is 0. The zero-order valence-corrected chi connectivity index (χ0v) is 20.2. The first kappa shape index (κ1) is 23.2. The normalized spacial score (nSPS) is 11.8. The second-order valence-electron chi connectivity index (χ2n) is 6.55. The van der Waals surface area contributed by atoms with Crippen molar-refractivity contribution in [3.8, 4) is 0 Å². The van der Waals surface area contributed by atoms with Gasteiger partial charge in [0.1, 0.15) is 6.54 Å². The van der Waals surface area contributed by atoms with E-state index < -0.39 is 22.5 Å². The molecule has 0 aliphatic carbocycles. The Hall–Kier alpha value is -2.43.